The molecule has 0 aromatic heterocycles. The van der Waals surface area contributed by atoms with E-state index in [0.717, 1.165) is 15.4 Å². The van der Waals surface area contributed by atoms with Gasteiger partial charge >= 0.3 is 0 Å². The second-order valence-electron chi connectivity index (χ2n) is 8.13. The van der Waals surface area contributed by atoms with E-state index in [1.165, 1.54) is 24.3 Å². The smallest absolute Gasteiger partial charge is 0.264 e. The van der Waals surface area contributed by atoms with Crippen molar-refractivity contribution in [3.05, 3.63) is 82.4 Å². The zero-order valence-electron chi connectivity index (χ0n) is 20.3. The molecule has 1 N–H and O–H groups in total. The maximum Gasteiger partial charge on any atom is 0.264 e. The Morgan fingerprint density at radius 3 is 2.26 bits per heavy atom. The minimum Gasteiger partial charge on any atom is -0.497 e. The van der Waals surface area contributed by atoms with Gasteiger partial charge in [0.1, 0.15) is 18.0 Å². The number of sulfonamides is 1. The van der Waals surface area contributed by atoms with Crippen LogP contribution >= 0.6 is 11.6 Å². The van der Waals surface area contributed by atoms with Crippen LogP contribution in [0.1, 0.15) is 29.7 Å². The molecule has 0 aliphatic carbocycles. The molecular weight excluding hydrogens is 488 g/mol. The van der Waals surface area contributed by atoms with Crippen LogP contribution in [0, 0.1) is 13.8 Å². The fourth-order valence-electron chi connectivity index (χ4n) is 3.60. The van der Waals surface area contributed by atoms with Crippen molar-refractivity contribution in [1.29, 1.82) is 0 Å². The summed E-state index contributed by atoms with van der Waals surface area (Å²) in [5.74, 6) is 0.723. The minimum absolute atomic E-state index is 0.0374. The summed E-state index contributed by atoms with van der Waals surface area (Å²) in [6.45, 7) is 5.21. The molecule has 0 saturated carbocycles. The van der Waals surface area contributed by atoms with Crippen molar-refractivity contribution in [3.63, 3.8) is 0 Å². The summed E-state index contributed by atoms with van der Waals surface area (Å²) in [7, 11) is -0.955. The van der Waals surface area contributed by atoms with Crippen molar-refractivity contribution in [3.8, 4) is 11.5 Å². The second kappa shape index (κ2) is 11.0. The van der Waals surface area contributed by atoms with Gasteiger partial charge in [0.15, 0.2) is 0 Å². The van der Waals surface area contributed by atoms with Crippen molar-refractivity contribution < 1.29 is 22.7 Å². The van der Waals surface area contributed by atoms with Gasteiger partial charge in [-0.15, -0.1) is 0 Å². The first-order chi connectivity index (χ1) is 16.6. The van der Waals surface area contributed by atoms with Crippen LogP contribution in [-0.2, 0) is 14.8 Å². The Hall–Kier alpha value is -3.23. The molecule has 7 nitrogen and oxygen atoms in total. The van der Waals surface area contributed by atoms with Gasteiger partial charge in [0.2, 0.25) is 5.91 Å². The van der Waals surface area contributed by atoms with E-state index in [9.17, 15) is 13.2 Å². The topological polar surface area (TPSA) is 84.9 Å². The molecule has 3 aromatic rings. The predicted molar refractivity (Wildman–Crippen MR) is 138 cm³/mol. The molecule has 0 saturated heterocycles. The van der Waals surface area contributed by atoms with Crippen LogP contribution in [0.25, 0.3) is 0 Å². The number of hydrogen-bond donors (Lipinski definition) is 1. The summed E-state index contributed by atoms with van der Waals surface area (Å²) in [5.41, 5.74) is 3.03. The lowest BCUT2D eigenvalue weighted by Gasteiger charge is -2.26. The SMILES string of the molecule is COc1ccc(OC)c([C@@H](C)NC(=O)CN(c2ccc(C)c(C)c2)S(=O)(=O)c2ccc(Cl)cc2)c1. The number of amides is 1. The highest BCUT2D eigenvalue weighted by Gasteiger charge is 2.28. The molecule has 0 bridgehead atoms. The summed E-state index contributed by atoms with van der Waals surface area (Å²) in [4.78, 5) is 13.2. The first-order valence-electron chi connectivity index (χ1n) is 10.9. The number of nitrogens with one attached hydrogen (secondary N) is 1. The molecule has 0 radical (unpaired) electrons. The number of carbonyl (C=O) groups is 1. The fourth-order valence-corrected chi connectivity index (χ4v) is 5.14. The normalized spacial score (nSPS) is 12.1. The van der Waals surface area contributed by atoms with E-state index < -0.39 is 28.5 Å². The zero-order chi connectivity index (χ0) is 25.8. The van der Waals surface area contributed by atoms with Gasteiger partial charge < -0.3 is 14.8 Å². The highest BCUT2D eigenvalue weighted by molar-refractivity contribution is 7.92. The van der Waals surface area contributed by atoms with Crippen LogP contribution in [-0.4, -0.2) is 35.1 Å². The number of hydrogen-bond acceptors (Lipinski definition) is 5. The number of ether oxygens (including phenoxy) is 2. The monoisotopic (exact) mass is 516 g/mol. The summed E-state index contributed by atoms with van der Waals surface area (Å²) in [6.07, 6.45) is 0. The Balaban J connectivity index is 1.94. The largest absolute Gasteiger partial charge is 0.497 e. The van der Waals surface area contributed by atoms with Crippen molar-refractivity contribution in [2.75, 3.05) is 25.1 Å². The summed E-state index contributed by atoms with van der Waals surface area (Å²) in [5, 5.41) is 3.30. The third kappa shape index (κ3) is 6.07. The van der Waals surface area contributed by atoms with Crippen LogP contribution in [0.4, 0.5) is 5.69 Å². The van der Waals surface area contributed by atoms with Gasteiger partial charge in [-0.25, -0.2) is 8.42 Å². The quantitative estimate of drug-likeness (QED) is 0.430. The van der Waals surface area contributed by atoms with Crippen LogP contribution in [0.15, 0.2) is 65.6 Å². The molecule has 0 heterocycles. The molecule has 1 atom stereocenters. The van der Waals surface area contributed by atoms with E-state index >= 15 is 0 Å². The Bertz CT molecular complexity index is 1310. The maximum absolute atomic E-state index is 13.6. The zero-order valence-corrected chi connectivity index (χ0v) is 21.9. The van der Waals surface area contributed by atoms with Crippen molar-refractivity contribution in [1.82, 2.24) is 5.32 Å². The molecule has 0 aliphatic heterocycles. The molecule has 3 aromatic carbocycles. The van der Waals surface area contributed by atoms with Gasteiger partial charge in [-0.3, -0.25) is 9.10 Å². The van der Waals surface area contributed by atoms with Gasteiger partial charge in [-0.05, 0) is 86.5 Å². The van der Waals surface area contributed by atoms with E-state index in [0.29, 0.717) is 27.8 Å². The molecule has 0 spiro atoms. The van der Waals surface area contributed by atoms with E-state index in [-0.39, 0.29) is 4.90 Å². The number of anilines is 1. The third-order valence-corrected chi connectivity index (χ3v) is 7.79. The van der Waals surface area contributed by atoms with Gasteiger partial charge in [-0.2, -0.15) is 0 Å². The molecule has 186 valence electrons. The number of carbonyl (C=O) groups excluding carboxylic acids is 1. The maximum atomic E-state index is 13.6. The molecule has 0 unspecified atom stereocenters. The lowest BCUT2D eigenvalue weighted by Crippen LogP contribution is -2.41. The van der Waals surface area contributed by atoms with E-state index in [1.54, 1.807) is 51.5 Å². The van der Waals surface area contributed by atoms with Crippen molar-refractivity contribution in [2.45, 2.75) is 31.7 Å². The lowest BCUT2D eigenvalue weighted by atomic mass is 10.1. The summed E-state index contributed by atoms with van der Waals surface area (Å²) < 4.78 is 39.0. The molecular formula is C26H29ClN2O5S. The van der Waals surface area contributed by atoms with Crippen LogP contribution < -0.4 is 19.1 Å². The highest BCUT2D eigenvalue weighted by atomic mass is 35.5. The highest BCUT2D eigenvalue weighted by Crippen LogP contribution is 2.30. The lowest BCUT2D eigenvalue weighted by molar-refractivity contribution is -0.120. The number of aryl methyl sites for hydroxylation is 2. The first-order valence-corrected chi connectivity index (χ1v) is 12.8. The van der Waals surface area contributed by atoms with Gasteiger partial charge in [0, 0.05) is 10.6 Å². The molecule has 0 fully saturated rings. The van der Waals surface area contributed by atoms with Crippen molar-refractivity contribution in [2.24, 2.45) is 0 Å². The Labute approximate surface area is 211 Å². The summed E-state index contributed by atoms with van der Waals surface area (Å²) >= 11 is 5.95. The summed E-state index contributed by atoms with van der Waals surface area (Å²) in [6, 6.07) is 16.0. The van der Waals surface area contributed by atoms with Crippen LogP contribution in [0.2, 0.25) is 5.02 Å². The number of halogens is 1. The minimum atomic E-state index is -4.05. The number of benzene rings is 3. The third-order valence-electron chi connectivity index (χ3n) is 5.75. The number of methoxy groups -OCH3 is 2. The van der Waals surface area contributed by atoms with Gasteiger partial charge in [-0.1, -0.05) is 17.7 Å². The molecule has 1 amide bonds. The van der Waals surface area contributed by atoms with E-state index in [4.69, 9.17) is 21.1 Å². The van der Waals surface area contributed by atoms with Gasteiger partial charge in [0.05, 0.1) is 30.8 Å². The van der Waals surface area contributed by atoms with Crippen LogP contribution in [0.3, 0.4) is 0 Å². The standard InChI is InChI=1S/C26H29ClN2O5S/c1-17-6-9-21(14-18(17)2)29(35(31,32)23-11-7-20(27)8-12-23)16-26(30)28-19(3)24-15-22(33-4)10-13-25(24)34-5/h6-15,19H,16H2,1-5H3,(H,28,30)/t19-/m1/s1. The Morgan fingerprint density at radius 2 is 1.66 bits per heavy atom. The van der Waals surface area contributed by atoms with E-state index in [1.807, 2.05) is 19.9 Å². The Kier molecular flexibility index (Phi) is 8.30. The van der Waals surface area contributed by atoms with Crippen LogP contribution in [0.5, 0.6) is 11.5 Å². The first kappa shape index (κ1) is 26.4. The Morgan fingerprint density at radius 1 is 0.971 bits per heavy atom. The average Bonchev–Trinajstić information content (AvgIpc) is 2.84. The molecule has 35 heavy (non-hydrogen) atoms. The van der Waals surface area contributed by atoms with E-state index in [2.05, 4.69) is 5.32 Å². The molecule has 0 aliphatic rings. The molecule has 3 rings (SSSR count). The van der Waals surface area contributed by atoms with Gasteiger partial charge in [0.25, 0.3) is 10.0 Å². The second-order valence-corrected chi connectivity index (χ2v) is 10.4. The fraction of sp³-hybridized carbons (Fsp3) is 0.269. The molecule has 9 heteroatoms. The average molecular weight is 517 g/mol. The predicted octanol–water partition coefficient (Wildman–Crippen LogP) is 5.05. The number of nitrogens with zero attached hydrogens (tertiary/aromatic N) is 1. The number of rotatable bonds is 9. The van der Waals surface area contributed by atoms with Crippen molar-refractivity contribution >= 4 is 33.2 Å².